The smallest absolute Gasteiger partial charge is 0.218 e. The molecule has 3 heteroatoms. The average molecular weight is 168 g/mol. The van der Waals surface area contributed by atoms with Gasteiger partial charge in [0.25, 0.3) is 0 Å². The Hall–Kier alpha value is -0.570. The zero-order valence-electron chi connectivity index (χ0n) is 7.20. The van der Waals surface area contributed by atoms with Crippen molar-refractivity contribution in [1.82, 2.24) is 0 Å². The summed E-state index contributed by atoms with van der Waals surface area (Å²) >= 11 is 0. The predicted molar refractivity (Wildman–Crippen MR) is 46.1 cm³/mol. The SMILES string of the molecule is NC(=O)C[C@@H](N)C1CC2CC2C1. The number of hydrogen-bond acceptors (Lipinski definition) is 2. The van der Waals surface area contributed by atoms with Crippen LogP contribution in [0.1, 0.15) is 25.7 Å². The van der Waals surface area contributed by atoms with Gasteiger partial charge in [0.15, 0.2) is 0 Å². The van der Waals surface area contributed by atoms with Crippen molar-refractivity contribution in [1.29, 1.82) is 0 Å². The number of hydrogen-bond donors (Lipinski definition) is 2. The van der Waals surface area contributed by atoms with Crippen molar-refractivity contribution in [2.75, 3.05) is 0 Å². The molecule has 3 atom stereocenters. The molecule has 0 radical (unpaired) electrons. The normalized spacial score (nSPS) is 40.6. The Bertz CT molecular complexity index is 195. The third-order valence-corrected chi connectivity index (χ3v) is 3.32. The van der Waals surface area contributed by atoms with Crippen molar-refractivity contribution in [2.24, 2.45) is 29.2 Å². The number of carbonyl (C=O) groups excluding carboxylic acids is 1. The fourth-order valence-corrected chi connectivity index (χ4v) is 2.51. The van der Waals surface area contributed by atoms with Gasteiger partial charge in [0.2, 0.25) is 5.91 Å². The van der Waals surface area contributed by atoms with Gasteiger partial charge in [-0.25, -0.2) is 0 Å². The average Bonchev–Trinajstić information content (AvgIpc) is 2.57. The van der Waals surface area contributed by atoms with Crippen molar-refractivity contribution in [3.8, 4) is 0 Å². The third kappa shape index (κ3) is 1.46. The summed E-state index contributed by atoms with van der Waals surface area (Å²) in [5, 5.41) is 0. The molecule has 2 saturated carbocycles. The van der Waals surface area contributed by atoms with Crippen molar-refractivity contribution < 1.29 is 4.79 Å². The van der Waals surface area contributed by atoms with Crippen molar-refractivity contribution >= 4 is 5.91 Å². The zero-order chi connectivity index (χ0) is 8.72. The van der Waals surface area contributed by atoms with E-state index in [0.717, 1.165) is 11.8 Å². The molecule has 0 aromatic rings. The maximum absolute atomic E-state index is 10.6. The molecule has 0 heterocycles. The van der Waals surface area contributed by atoms with E-state index in [-0.39, 0.29) is 11.9 Å². The van der Waals surface area contributed by atoms with Crippen molar-refractivity contribution in [3.05, 3.63) is 0 Å². The maximum atomic E-state index is 10.6. The molecule has 1 amide bonds. The summed E-state index contributed by atoms with van der Waals surface area (Å²) in [4.78, 5) is 10.6. The monoisotopic (exact) mass is 168 g/mol. The van der Waals surface area contributed by atoms with Crippen LogP contribution in [0, 0.1) is 17.8 Å². The van der Waals surface area contributed by atoms with Gasteiger partial charge in [-0.3, -0.25) is 4.79 Å². The molecule has 2 fully saturated rings. The van der Waals surface area contributed by atoms with Crippen LogP contribution < -0.4 is 11.5 Å². The number of carbonyl (C=O) groups is 1. The van der Waals surface area contributed by atoms with Gasteiger partial charge in [0.05, 0.1) is 0 Å². The summed E-state index contributed by atoms with van der Waals surface area (Å²) in [6, 6.07) is 0.0234. The summed E-state index contributed by atoms with van der Waals surface area (Å²) in [5.41, 5.74) is 10.9. The quantitative estimate of drug-likeness (QED) is 0.633. The predicted octanol–water partition coefficient (Wildman–Crippen LogP) is 0.235. The van der Waals surface area contributed by atoms with E-state index in [2.05, 4.69) is 0 Å². The highest BCUT2D eigenvalue weighted by atomic mass is 16.1. The van der Waals surface area contributed by atoms with Gasteiger partial charge in [0, 0.05) is 12.5 Å². The molecular weight excluding hydrogens is 152 g/mol. The van der Waals surface area contributed by atoms with Crippen LogP contribution >= 0.6 is 0 Å². The highest BCUT2D eigenvalue weighted by molar-refractivity contribution is 5.74. The Labute approximate surface area is 72.5 Å². The Morgan fingerprint density at radius 1 is 1.33 bits per heavy atom. The zero-order valence-corrected chi connectivity index (χ0v) is 7.20. The van der Waals surface area contributed by atoms with E-state index >= 15 is 0 Å². The molecule has 2 unspecified atom stereocenters. The molecule has 2 aliphatic rings. The Kier molecular flexibility index (Phi) is 1.83. The summed E-state index contributed by atoms with van der Waals surface area (Å²) in [5.74, 6) is 2.19. The van der Waals surface area contributed by atoms with Gasteiger partial charge in [-0.2, -0.15) is 0 Å². The second-order valence-corrected chi connectivity index (χ2v) is 4.32. The van der Waals surface area contributed by atoms with Crippen LogP contribution in [0.3, 0.4) is 0 Å². The van der Waals surface area contributed by atoms with Crippen LogP contribution in [0.4, 0.5) is 0 Å². The highest BCUT2D eigenvalue weighted by Gasteiger charge is 2.47. The van der Waals surface area contributed by atoms with Crippen LogP contribution in [-0.4, -0.2) is 11.9 Å². The molecular formula is C9H16N2O. The second kappa shape index (κ2) is 2.73. The van der Waals surface area contributed by atoms with Gasteiger partial charge in [-0.1, -0.05) is 0 Å². The number of fused-ring (bicyclic) bond motifs is 1. The first-order valence-electron chi connectivity index (χ1n) is 4.70. The topological polar surface area (TPSA) is 69.1 Å². The lowest BCUT2D eigenvalue weighted by atomic mass is 9.93. The van der Waals surface area contributed by atoms with E-state index < -0.39 is 0 Å². The summed E-state index contributed by atoms with van der Waals surface area (Å²) in [6.07, 6.45) is 4.24. The molecule has 2 aliphatic carbocycles. The highest BCUT2D eigenvalue weighted by Crippen LogP contribution is 2.55. The van der Waals surface area contributed by atoms with Gasteiger partial charge < -0.3 is 11.5 Å². The van der Waals surface area contributed by atoms with Crippen LogP contribution in [0.25, 0.3) is 0 Å². The van der Waals surface area contributed by atoms with E-state index in [0.29, 0.717) is 12.3 Å². The summed E-state index contributed by atoms with van der Waals surface area (Å²) in [7, 11) is 0. The fourth-order valence-electron chi connectivity index (χ4n) is 2.51. The van der Waals surface area contributed by atoms with Gasteiger partial charge >= 0.3 is 0 Å². The van der Waals surface area contributed by atoms with Crippen LogP contribution in [-0.2, 0) is 4.79 Å². The molecule has 0 spiro atoms. The summed E-state index contributed by atoms with van der Waals surface area (Å²) < 4.78 is 0. The number of amides is 1. The van der Waals surface area contributed by atoms with E-state index in [1.54, 1.807) is 0 Å². The van der Waals surface area contributed by atoms with Crippen molar-refractivity contribution in [2.45, 2.75) is 31.7 Å². The minimum Gasteiger partial charge on any atom is -0.370 e. The minimum atomic E-state index is -0.261. The Morgan fingerprint density at radius 3 is 2.42 bits per heavy atom. The number of primary amides is 1. The van der Waals surface area contributed by atoms with Crippen LogP contribution in [0.2, 0.25) is 0 Å². The molecule has 0 saturated heterocycles. The molecule has 0 aromatic carbocycles. The first-order valence-corrected chi connectivity index (χ1v) is 4.70. The molecule has 0 bridgehead atoms. The molecule has 4 N–H and O–H groups in total. The van der Waals surface area contributed by atoms with Gasteiger partial charge in [-0.15, -0.1) is 0 Å². The number of rotatable bonds is 3. The third-order valence-electron chi connectivity index (χ3n) is 3.32. The molecule has 0 aromatic heterocycles. The Morgan fingerprint density at radius 2 is 1.92 bits per heavy atom. The lowest BCUT2D eigenvalue weighted by Gasteiger charge is -2.18. The first-order chi connectivity index (χ1) is 5.66. The first kappa shape index (κ1) is 8.05. The van der Waals surface area contributed by atoms with Gasteiger partial charge in [0.1, 0.15) is 0 Å². The molecule has 2 rings (SSSR count). The van der Waals surface area contributed by atoms with Gasteiger partial charge in [-0.05, 0) is 37.0 Å². The van der Waals surface area contributed by atoms with E-state index in [4.69, 9.17) is 11.5 Å². The molecule has 0 aliphatic heterocycles. The van der Waals surface area contributed by atoms with E-state index in [1.807, 2.05) is 0 Å². The van der Waals surface area contributed by atoms with E-state index in [1.165, 1.54) is 19.3 Å². The van der Waals surface area contributed by atoms with E-state index in [9.17, 15) is 4.79 Å². The fraction of sp³-hybridized carbons (Fsp3) is 0.889. The lowest BCUT2D eigenvalue weighted by Crippen LogP contribution is -2.34. The molecule has 68 valence electrons. The Balaban J connectivity index is 1.80. The molecule has 3 nitrogen and oxygen atoms in total. The largest absolute Gasteiger partial charge is 0.370 e. The van der Waals surface area contributed by atoms with Crippen LogP contribution in [0.5, 0.6) is 0 Å². The second-order valence-electron chi connectivity index (χ2n) is 4.32. The maximum Gasteiger partial charge on any atom is 0.218 e. The van der Waals surface area contributed by atoms with Crippen molar-refractivity contribution in [3.63, 3.8) is 0 Å². The minimum absolute atomic E-state index is 0.0234. The standard InChI is InChI=1S/C9H16N2O/c10-8(4-9(11)12)7-2-5-1-6(5)3-7/h5-8H,1-4,10H2,(H2,11,12)/t5?,6?,7?,8-/m1/s1. The van der Waals surface area contributed by atoms with Crippen LogP contribution in [0.15, 0.2) is 0 Å². The summed E-state index contributed by atoms with van der Waals surface area (Å²) in [6.45, 7) is 0. The molecule has 12 heavy (non-hydrogen) atoms. The lowest BCUT2D eigenvalue weighted by molar-refractivity contribution is -0.118. The number of nitrogens with two attached hydrogens (primary N) is 2.